The number of amides is 1. The molecule has 10 nitrogen and oxygen atoms in total. The maximum atomic E-state index is 14.2. The molecule has 2 aromatic heterocycles. The fourth-order valence-electron chi connectivity index (χ4n) is 4.37. The summed E-state index contributed by atoms with van der Waals surface area (Å²) in [5.74, 6) is 0.0833. The lowest BCUT2D eigenvalue weighted by atomic mass is 10.1. The predicted molar refractivity (Wildman–Crippen MR) is 147 cm³/mol. The minimum Gasteiger partial charge on any atom is -0.487 e. The molecule has 1 aliphatic rings. The summed E-state index contributed by atoms with van der Waals surface area (Å²) in [6, 6.07) is 4.13. The number of nitrogens with zero attached hydrogens (tertiary/aromatic N) is 4. The lowest BCUT2D eigenvalue weighted by Gasteiger charge is -2.31. The smallest absolute Gasteiger partial charge is 0.261 e. The van der Waals surface area contributed by atoms with Gasteiger partial charge < -0.3 is 20.3 Å². The summed E-state index contributed by atoms with van der Waals surface area (Å²) in [6.45, 7) is 3.93. The van der Waals surface area contributed by atoms with Crippen LogP contribution in [-0.4, -0.2) is 86.1 Å². The first kappa shape index (κ1) is 28.1. The number of anilines is 2. The minimum absolute atomic E-state index is 0.159. The van der Waals surface area contributed by atoms with Crippen LogP contribution in [0.1, 0.15) is 34.5 Å². The van der Waals surface area contributed by atoms with Crippen LogP contribution in [0, 0.1) is 12.7 Å². The number of benzene rings is 1. The number of hydrogen-bond acceptors (Lipinski definition) is 9. The van der Waals surface area contributed by atoms with Gasteiger partial charge in [0.2, 0.25) is 10.0 Å². The van der Waals surface area contributed by atoms with Gasteiger partial charge in [-0.1, -0.05) is 0 Å². The highest BCUT2D eigenvalue weighted by molar-refractivity contribution is 7.88. The minimum atomic E-state index is -3.35. The van der Waals surface area contributed by atoms with E-state index in [9.17, 15) is 17.6 Å². The highest BCUT2D eigenvalue weighted by atomic mass is 32.2. The van der Waals surface area contributed by atoms with Crippen molar-refractivity contribution in [3.8, 4) is 5.75 Å². The Balaban J connectivity index is 1.56. The fourth-order valence-corrected chi connectivity index (χ4v) is 6.33. The molecule has 2 N–H and O–H groups in total. The van der Waals surface area contributed by atoms with Gasteiger partial charge in [0.05, 0.1) is 28.8 Å². The predicted octanol–water partition coefficient (Wildman–Crippen LogP) is 3.37. The number of carbonyl (C=O) groups excluding carboxylic acids is 1. The number of rotatable bonds is 10. The maximum Gasteiger partial charge on any atom is 0.261 e. The molecule has 0 spiro atoms. The van der Waals surface area contributed by atoms with E-state index in [-0.39, 0.29) is 18.2 Å². The maximum absolute atomic E-state index is 14.2. The SMILES string of the molecule is Cc1c(C(=O)NCCCN(C)C)sc2ncnc(Nc3ccc(F)cc3OC3CCCN(S(C)(=O)=O)C3)c12. The van der Waals surface area contributed by atoms with E-state index in [1.54, 1.807) is 6.07 Å². The van der Waals surface area contributed by atoms with Crippen molar-refractivity contribution in [1.29, 1.82) is 0 Å². The number of aromatic nitrogens is 2. The third kappa shape index (κ3) is 6.76. The van der Waals surface area contributed by atoms with E-state index in [0.717, 1.165) is 18.5 Å². The number of halogens is 1. The topological polar surface area (TPSA) is 117 Å². The summed E-state index contributed by atoms with van der Waals surface area (Å²) in [5, 5.41) is 6.90. The second kappa shape index (κ2) is 11.9. The average molecular weight is 565 g/mol. The molecule has 0 bridgehead atoms. The van der Waals surface area contributed by atoms with Crippen LogP contribution < -0.4 is 15.4 Å². The molecular weight excluding hydrogens is 531 g/mol. The van der Waals surface area contributed by atoms with Crippen LogP contribution >= 0.6 is 11.3 Å². The van der Waals surface area contributed by atoms with E-state index >= 15 is 0 Å². The Morgan fingerprint density at radius 3 is 2.84 bits per heavy atom. The number of aryl methyl sites for hydroxylation is 1. The van der Waals surface area contributed by atoms with Gasteiger partial charge in [0, 0.05) is 19.2 Å². The summed E-state index contributed by atoms with van der Waals surface area (Å²) in [7, 11) is 0.626. The first-order valence-corrected chi connectivity index (χ1v) is 15.0. The van der Waals surface area contributed by atoms with E-state index in [2.05, 4.69) is 25.5 Å². The third-order valence-electron chi connectivity index (χ3n) is 6.30. The number of sulfonamides is 1. The summed E-state index contributed by atoms with van der Waals surface area (Å²) in [4.78, 5) is 24.9. The molecule has 1 amide bonds. The van der Waals surface area contributed by atoms with Crippen LogP contribution in [-0.2, 0) is 10.0 Å². The normalized spacial score (nSPS) is 16.6. The molecule has 4 rings (SSSR count). The van der Waals surface area contributed by atoms with Gasteiger partial charge in [-0.3, -0.25) is 4.79 Å². The Morgan fingerprint density at radius 2 is 2.11 bits per heavy atom. The number of thiophene rings is 1. The zero-order valence-electron chi connectivity index (χ0n) is 22.0. The molecule has 1 atom stereocenters. The highest BCUT2D eigenvalue weighted by Gasteiger charge is 2.28. The Bertz CT molecular complexity index is 1410. The molecule has 0 saturated carbocycles. The second-order valence-electron chi connectivity index (χ2n) is 9.64. The van der Waals surface area contributed by atoms with Crippen LogP contribution in [0.4, 0.5) is 15.9 Å². The first-order valence-electron chi connectivity index (χ1n) is 12.4. The Labute approximate surface area is 226 Å². The van der Waals surface area contributed by atoms with Crippen LogP contribution in [0.25, 0.3) is 10.2 Å². The van der Waals surface area contributed by atoms with Crippen molar-refractivity contribution in [3.63, 3.8) is 0 Å². The van der Waals surface area contributed by atoms with Crippen molar-refractivity contribution >= 4 is 49.0 Å². The average Bonchev–Trinajstić information content (AvgIpc) is 3.20. The van der Waals surface area contributed by atoms with E-state index in [0.29, 0.717) is 52.5 Å². The lowest BCUT2D eigenvalue weighted by molar-refractivity contribution is 0.0956. The van der Waals surface area contributed by atoms with E-state index < -0.39 is 21.9 Å². The van der Waals surface area contributed by atoms with Crippen molar-refractivity contribution in [2.45, 2.75) is 32.3 Å². The summed E-state index contributed by atoms with van der Waals surface area (Å²) in [5.41, 5.74) is 1.22. The third-order valence-corrected chi connectivity index (χ3v) is 8.77. The van der Waals surface area contributed by atoms with Crippen molar-refractivity contribution in [2.75, 3.05) is 51.8 Å². The van der Waals surface area contributed by atoms with Gasteiger partial charge >= 0.3 is 0 Å². The van der Waals surface area contributed by atoms with Gasteiger partial charge in [-0.2, -0.15) is 4.31 Å². The summed E-state index contributed by atoms with van der Waals surface area (Å²) in [6.07, 6.45) is 4.30. The van der Waals surface area contributed by atoms with Gasteiger partial charge in [0.25, 0.3) is 5.91 Å². The van der Waals surface area contributed by atoms with Crippen LogP contribution in [0.3, 0.4) is 0 Å². The molecule has 3 heterocycles. The Kier molecular flexibility index (Phi) is 8.81. The van der Waals surface area contributed by atoms with Gasteiger partial charge in [0.15, 0.2) is 0 Å². The second-order valence-corrected chi connectivity index (χ2v) is 12.6. The number of hydrogen-bond donors (Lipinski definition) is 2. The molecule has 1 saturated heterocycles. The van der Waals surface area contributed by atoms with Crippen molar-refractivity contribution in [1.82, 2.24) is 24.5 Å². The zero-order valence-corrected chi connectivity index (χ0v) is 23.6. The molecule has 1 fully saturated rings. The largest absolute Gasteiger partial charge is 0.487 e. The van der Waals surface area contributed by atoms with Crippen LogP contribution in [0.2, 0.25) is 0 Å². The fraction of sp³-hybridized carbons (Fsp3) is 0.480. The Morgan fingerprint density at radius 1 is 1.32 bits per heavy atom. The van der Waals surface area contributed by atoms with Gasteiger partial charge in [-0.05, 0) is 64.5 Å². The zero-order chi connectivity index (χ0) is 27.4. The molecule has 1 aliphatic heterocycles. The molecule has 1 aromatic carbocycles. The standard InChI is InChI=1S/C25H33FN6O4S2/c1-16-21-23(28-15-29-25(21)37-22(16)24(33)27-10-6-11-31(2)3)30-19-9-8-17(26)13-20(19)36-18-7-5-12-32(14-18)38(4,34)35/h8-9,13,15,18H,5-7,10-12,14H2,1-4H3,(H,27,33)(H,28,29,30). The van der Waals surface area contributed by atoms with Gasteiger partial charge in [-0.25, -0.2) is 22.8 Å². The number of nitrogens with one attached hydrogen (secondary N) is 2. The first-order chi connectivity index (χ1) is 18.0. The Hall–Kier alpha value is -2.87. The lowest BCUT2D eigenvalue weighted by Crippen LogP contribution is -2.43. The number of fused-ring (bicyclic) bond motifs is 1. The molecule has 0 radical (unpaired) electrons. The van der Waals surface area contributed by atoms with E-state index in [4.69, 9.17) is 4.74 Å². The molecule has 3 aromatic rings. The molecule has 13 heteroatoms. The number of ether oxygens (including phenoxy) is 1. The summed E-state index contributed by atoms with van der Waals surface area (Å²) >= 11 is 1.29. The van der Waals surface area contributed by atoms with Gasteiger partial charge in [-0.15, -0.1) is 11.3 Å². The van der Waals surface area contributed by atoms with Crippen molar-refractivity contribution in [2.24, 2.45) is 0 Å². The van der Waals surface area contributed by atoms with Crippen molar-refractivity contribution in [3.05, 3.63) is 40.8 Å². The van der Waals surface area contributed by atoms with Crippen LogP contribution in [0.5, 0.6) is 5.75 Å². The van der Waals surface area contributed by atoms with Crippen molar-refractivity contribution < 1.29 is 22.3 Å². The van der Waals surface area contributed by atoms with E-state index in [1.807, 2.05) is 21.0 Å². The van der Waals surface area contributed by atoms with Crippen LogP contribution in [0.15, 0.2) is 24.5 Å². The number of piperidine rings is 1. The molecule has 0 aliphatic carbocycles. The molecule has 206 valence electrons. The molecule has 38 heavy (non-hydrogen) atoms. The van der Waals surface area contributed by atoms with Gasteiger partial charge in [0.1, 0.15) is 34.6 Å². The molecular formula is C25H33FN6O4S2. The summed E-state index contributed by atoms with van der Waals surface area (Å²) < 4.78 is 45.7. The number of carbonyl (C=O) groups is 1. The monoisotopic (exact) mass is 564 g/mol. The highest BCUT2D eigenvalue weighted by Crippen LogP contribution is 2.37. The van der Waals surface area contributed by atoms with E-state index in [1.165, 1.54) is 40.4 Å². The quantitative estimate of drug-likeness (QED) is 0.360. The molecule has 1 unspecified atom stereocenters.